The summed E-state index contributed by atoms with van der Waals surface area (Å²) in [5.74, 6) is -0.477. The van der Waals surface area contributed by atoms with Gasteiger partial charge in [-0.15, -0.1) is 0 Å². The zero-order chi connectivity index (χ0) is 14.0. The Bertz CT molecular complexity index is 622. The second kappa shape index (κ2) is 5.09. The number of carboxylic acid groups (broad SMARTS) is 1. The molecule has 0 aliphatic heterocycles. The standard InChI is InChI=1S/C13H13FN2O3/c1-7-12(13(17)18)16-11(15-7)6-8-5-9(14)3-4-10(8)19-2/h3-5H,6H2,1-2H3,(H,15,16)(H,17,18). The second-order valence-electron chi connectivity index (χ2n) is 4.10. The predicted octanol–water partition coefficient (Wildman–Crippen LogP) is 2.15. The van der Waals surface area contributed by atoms with Crippen LogP contribution in [0.15, 0.2) is 18.2 Å². The minimum Gasteiger partial charge on any atom is -0.496 e. The van der Waals surface area contributed by atoms with E-state index in [1.165, 1.54) is 25.3 Å². The first-order valence-electron chi connectivity index (χ1n) is 5.62. The van der Waals surface area contributed by atoms with E-state index in [1.54, 1.807) is 6.92 Å². The van der Waals surface area contributed by atoms with Crippen LogP contribution in [0.25, 0.3) is 0 Å². The quantitative estimate of drug-likeness (QED) is 0.887. The van der Waals surface area contributed by atoms with Gasteiger partial charge in [0.05, 0.1) is 7.11 Å². The van der Waals surface area contributed by atoms with Crippen molar-refractivity contribution >= 4 is 5.97 Å². The second-order valence-corrected chi connectivity index (χ2v) is 4.10. The highest BCUT2D eigenvalue weighted by molar-refractivity contribution is 5.86. The number of aryl methyl sites for hydroxylation is 1. The van der Waals surface area contributed by atoms with Crippen molar-refractivity contribution in [2.24, 2.45) is 0 Å². The van der Waals surface area contributed by atoms with Gasteiger partial charge in [-0.05, 0) is 25.1 Å². The van der Waals surface area contributed by atoms with Crippen molar-refractivity contribution in [1.29, 1.82) is 0 Å². The normalized spacial score (nSPS) is 10.5. The minimum absolute atomic E-state index is 0.0228. The highest BCUT2D eigenvalue weighted by Crippen LogP contribution is 2.22. The van der Waals surface area contributed by atoms with Crippen LogP contribution in [-0.4, -0.2) is 28.2 Å². The Kier molecular flexibility index (Phi) is 3.50. The summed E-state index contributed by atoms with van der Waals surface area (Å²) in [4.78, 5) is 17.7. The van der Waals surface area contributed by atoms with Crippen LogP contribution in [0.2, 0.25) is 0 Å². The topological polar surface area (TPSA) is 75.2 Å². The number of rotatable bonds is 4. The van der Waals surface area contributed by atoms with E-state index in [0.29, 0.717) is 22.8 Å². The molecule has 2 N–H and O–H groups in total. The van der Waals surface area contributed by atoms with Crippen LogP contribution in [0.5, 0.6) is 5.75 Å². The third kappa shape index (κ3) is 2.73. The Morgan fingerprint density at radius 3 is 2.84 bits per heavy atom. The predicted molar refractivity (Wildman–Crippen MR) is 66.0 cm³/mol. The van der Waals surface area contributed by atoms with Crippen LogP contribution in [0.3, 0.4) is 0 Å². The van der Waals surface area contributed by atoms with Crippen LogP contribution in [0, 0.1) is 12.7 Å². The van der Waals surface area contributed by atoms with E-state index in [1.807, 2.05) is 0 Å². The number of nitrogens with one attached hydrogen (secondary N) is 1. The Hall–Kier alpha value is -2.37. The SMILES string of the molecule is COc1ccc(F)cc1Cc1nc(C(=O)O)c(C)[nH]1. The van der Waals surface area contributed by atoms with Crippen molar-refractivity contribution < 1.29 is 19.0 Å². The molecule has 0 spiro atoms. The smallest absolute Gasteiger partial charge is 0.356 e. The van der Waals surface area contributed by atoms with Gasteiger partial charge in [0, 0.05) is 17.7 Å². The molecule has 0 atom stereocenters. The first kappa shape index (κ1) is 13.1. The average molecular weight is 264 g/mol. The molecular formula is C13H13FN2O3. The van der Waals surface area contributed by atoms with Gasteiger partial charge in [0.2, 0.25) is 0 Å². The number of benzene rings is 1. The van der Waals surface area contributed by atoms with Crippen LogP contribution in [0.1, 0.15) is 27.6 Å². The lowest BCUT2D eigenvalue weighted by Gasteiger charge is -2.06. The fourth-order valence-electron chi connectivity index (χ4n) is 1.88. The van der Waals surface area contributed by atoms with Crippen LogP contribution in [-0.2, 0) is 6.42 Å². The number of imidazole rings is 1. The van der Waals surface area contributed by atoms with Gasteiger partial charge in [0.25, 0.3) is 0 Å². The van der Waals surface area contributed by atoms with Crippen molar-refractivity contribution in [2.45, 2.75) is 13.3 Å². The molecule has 1 aromatic heterocycles. The molecule has 0 unspecified atom stereocenters. The molecule has 0 saturated heterocycles. The number of carbonyl (C=O) groups is 1. The number of halogens is 1. The van der Waals surface area contributed by atoms with Gasteiger partial charge in [0.1, 0.15) is 17.4 Å². The zero-order valence-corrected chi connectivity index (χ0v) is 10.5. The molecule has 1 aromatic carbocycles. The van der Waals surface area contributed by atoms with Gasteiger partial charge >= 0.3 is 5.97 Å². The Balaban J connectivity index is 2.33. The molecule has 5 nitrogen and oxygen atoms in total. The third-order valence-corrected chi connectivity index (χ3v) is 2.74. The highest BCUT2D eigenvalue weighted by Gasteiger charge is 2.15. The van der Waals surface area contributed by atoms with Crippen LogP contribution >= 0.6 is 0 Å². The number of aromatic nitrogens is 2. The number of nitrogens with zero attached hydrogens (tertiary/aromatic N) is 1. The molecular weight excluding hydrogens is 251 g/mol. The lowest BCUT2D eigenvalue weighted by atomic mass is 10.1. The summed E-state index contributed by atoms with van der Waals surface area (Å²) in [5.41, 5.74) is 1.05. The number of aromatic amines is 1. The molecule has 19 heavy (non-hydrogen) atoms. The molecule has 100 valence electrons. The van der Waals surface area contributed by atoms with Gasteiger partial charge in [-0.2, -0.15) is 0 Å². The number of H-pyrrole nitrogens is 1. The molecule has 1 heterocycles. The van der Waals surface area contributed by atoms with E-state index < -0.39 is 5.97 Å². The van der Waals surface area contributed by atoms with Gasteiger partial charge in [-0.3, -0.25) is 0 Å². The Morgan fingerprint density at radius 2 is 2.26 bits per heavy atom. The summed E-state index contributed by atoms with van der Waals surface area (Å²) >= 11 is 0. The minimum atomic E-state index is -1.09. The summed E-state index contributed by atoms with van der Waals surface area (Å²) in [6.45, 7) is 1.63. The summed E-state index contributed by atoms with van der Waals surface area (Å²) in [7, 11) is 1.49. The maximum Gasteiger partial charge on any atom is 0.356 e. The molecule has 0 fully saturated rings. The monoisotopic (exact) mass is 264 g/mol. The van der Waals surface area contributed by atoms with Gasteiger partial charge < -0.3 is 14.8 Å². The molecule has 0 bridgehead atoms. The van der Waals surface area contributed by atoms with Crippen molar-refractivity contribution in [3.05, 3.63) is 46.8 Å². The van der Waals surface area contributed by atoms with E-state index in [2.05, 4.69) is 9.97 Å². The summed E-state index contributed by atoms with van der Waals surface area (Å²) in [6.07, 6.45) is 0.273. The highest BCUT2D eigenvalue weighted by atomic mass is 19.1. The lowest BCUT2D eigenvalue weighted by molar-refractivity contribution is 0.0690. The van der Waals surface area contributed by atoms with E-state index in [9.17, 15) is 9.18 Å². The third-order valence-electron chi connectivity index (χ3n) is 2.74. The average Bonchev–Trinajstić information content (AvgIpc) is 2.71. The molecule has 0 radical (unpaired) electrons. The van der Waals surface area contributed by atoms with E-state index >= 15 is 0 Å². The molecule has 0 amide bonds. The lowest BCUT2D eigenvalue weighted by Crippen LogP contribution is -1.99. The molecule has 6 heteroatoms. The van der Waals surface area contributed by atoms with Crippen molar-refractivity contribution in [1.82, 2.24) is 9.97 Å². The summed E-state index contributed by atoms with van der Waals surface area (Å²) < 4.78 is 18.4. The molecule has 2 rings (SSSR count). The molecule has 2 aromatic rings. The van der Waals surface area contributed by atoms with E-state index in [0.717, 1.165) is 0 Å². The van der Waals surface area contributed by atoms with Gasteiger partial charge in [-0.25, -0.2) is 14.2 Å². The number of carboxylic acids is 1. The maximum atomic E-state index is 13.2. The number of methoxy groups -OCH3 is 1. The van der Waals surface area contributed by atoms with Gasteiger partial charge in [-0.1, -0.05) is 0 Å². The van der Waals surface area contributed by atoms with Crippen molar-refractivity contribution in [3.8, 4) is 5.75 Å². The van der Waals surface area contributed by atoms with Crippen molar-refractivity contribution in [2.75, 3.05) is 7.11 Å². The molecule has 0 aliphatic carbocycles. The largest absolute Gasteiger partial charge is 0.496 e. The molecule has 0 saturated carbocycles. The number of ether oxygens (including phenoxy) is 1. The Labute approximate surface area is 109 Å². The first-order chi connectivity index (χ1) is 9.01. The van der Waals surface area contributed by atoms with Crippen LogP contribution in [0.4, 0.5) is 4.39 Å². The number of hydrogen-bond donors (Lipinski definition) is 2. The van der Waals surface area contributed by atoms with E-state index in [4.69, 9.17) is 9.84 Å². The molecule has 0 aliphatic rings. The number of hydrogen-bond acceptors (Lipinski definition) is 3. The first-order valence-corrected chi connectivity index (χ1v) is 5.62. The Morgan fingerprint density at radius 1 is 1.53 bits per heavy atom. The summed E-state index contributed by atoms with van der Waals surface area (Å²) in [5, 5.41) is 8.92. The number of aromatic carboxylic acids is 1. The maximum absolute atomic E-state index is 13.2. The fraction of sp³-hybridized carbons (Fsp3) is 0.231. The van der Waals surface area contributed by atoms with Crippen LogP contribution < -0.4 is 4.74 Å². The fourth-order valence-corrected chi connectivity index (χ4v) is 1.88. The zero-order valence-electron chi connectivity index (χ0n) is 10.5. The summed E-state index contributed by atoms with van der Waals surface area (Å²) in [6, 6.07) is 4.17. The van der Waals surface area contributed by atoms with Gasteiger partial charge in [0.15, 0.2) is 5.69 Å². The van der Waals surface area contributed by atoms with Crippen molar-refractivity contribution in [3.63, 3.8) is 0 Å². The van der Waals surface area contributed by atoms with E-state index in [-0.39, 0.29) is 17.9 Å².